The fourth-order valence-corrected chi connectivity index (χ4v) is 6.55. The molecule has 0 saturated carbocycles. The molecule has 1 N–H and O–H groups in total. The van der Waals surface area contributed by atoms with Gasteiger partial charge in [0.25, 0.3) is 17.5 Å². The van der Waals surface area contributed by atoms with E-state index in [2.05, 4.69) is 10.2 Å². The van der Waals surface area contributed by atoms with Crippen molar-refractivity contribution in [2.45, 2.75) is 25.7 Å². The van der Waals surface area contributed by atoms with E-state index >= 15 is 0 Å². The summed E-state index contributed by atoms with van der Waals surface area (Å²) in [5.74, 6) is 1.35. The summed E-state index contributed by atoms with van der Waals surface area (Å²) in [6, 6.07) is 26.7. The number of phenolic OH excluding ortho intramolecular Hbond substituents is 1. The molecule has 0 fully saturated rings. The number of nitro groups is 1. The molecule has 0 atom stereocenters. The largest absolute Gasteiger partial charge is 0.507 e. The number of methoxy groups -OCH3 is 1. The van der Waals surface area contributed by atoms with Crippen LogP contribution in [0.25, 0.3) is 0 Å². The number of non-ortho nitro benzene ring substituents is 1. The van der Waals surface area contributed by atoms with E-state index in [9.17, 15) is 24.8 Å². The fraction of sp³-hybridized carbons (Fsp3) is 0.256. The van der Waals surface area contributed by atoms with Gasteiger partial charge in [-0.05, 0) is 57.6 Å². The lowest BCUT2D eigenvalue weighted by Crippen LogP contribution is -2.28. The summed E-state index contributed by atoms with van der Waals surface area (Å²) in [4.78, 5) is 39.2. The summed E-state index contributed by atoms with van der Waals surface area (Å²) in [6.07, 6.45) is 1.24. The highest BCUT2D eigenvalue weighted by molar-refractivity contribution is 5.78. The first-order chi connectivity index (χ1) is 26.9. The first-order valence-electron chi connectivity index (χ1n) is 17.9. The Labute approximate surface area is 324 Å². The van der Waals surface area contributed by atoms with Crippen molar-refractivity contribution in [3.05, 3.63) is 146 Å². The molecule has 0 saturated heterocycles. The molecule has 0 unspecified atom stereocenters. The number of carbonyl (C=O) groups is 2. The molecule has 0 aliphatic heterocycles. The summed E-state index contributed by atoms with van der Waals surface area (Å²) >= 11 is 0. The SMILES string of the molecule is COc1c2cccc1Cc1cccc(c1OCC(=O)N(C)C)Cc1cc(N=Nc3ccc([N+](=O)[O-])cc3)cc(c1O)Cc1cccc(c1OCC(=O)N(C)C)C2. The predicted octanol–water partition coefficient (Wildman–Crippen LogP) is 7.34. The lowest BCUT2D eigenvalue weighted by atomic mass is 9.91. The maximum absolute atomic E-state index is 12.8. The van der Waals surface area contributed by atoms with Crippen molar-refractivity contribution in [1.82, 2.24) is 9.80 Å². The maximum Gasteiger partial charge on any atom is 0.269 e. The number of azo groups is 1. The van der Waals surface area contributed by atoms with Gasteiger partial charge in [0.1, 0.15) is 23.0 Å². The molecule has 5 aromatic carbocycles. The molecule has 1 aliphatic rings. The third kappa shape index (κ3) is 8.95. The van der Waals surface area contributed by atoms with Crippen LogP contribution in [0.1, 0.15) is 44.5 Å². The van der Waals surface area contributed by atoms with Crippen molar-refractivity contribution in [1.29, 1.82) is 0 Å². The highest BCUT2D eigenvalue weighted by atomic mass is 16.6. The minimum absolute atomic E-state index is 0.0275. The van der Waals surface area contributed by atoms with Crippen LogP contribution in [0.5, 0.6) is 23.0 Å². The minimum Gasteiger partial charge on any atom is -0.507 e. The number of aromatic hydroxyl groups is 1. The van der Waals surface area contributed by atoms with Crippen molar-refractivity contribution in [3.8, 4) is 23.0 Å². The van der Waals surface area contributed by atoms with Crippen LogP contribution in [0, 0.1) is 10.1 Å². The number of amides is 2. The Morgan fingerprint density at radius 2 is 1.00 bits per heavy atom. The highest BCUT2D eigenvalue weighted by Gasteiger charge is 2.22. The molecule has 6 rings (SSSR count). The number of hydrogen-bond acceptors (Lipinski definition) is 10. The Morgan fingerprint density at radius 3 is 1.38 bits per heavy atom. The first kappa shape index (κ1) is 38.9. The van der Waals surface area contributed by atoms with E-state index in [0.717, 1.165) is 33.4 Å². The Balaban J connectivity index is 1.54. The molecule has 2 amide bonds. The summed E-state index contributed by atoms with van der Waals surface area (Å²) in [5.41, 5.74) is 6.71. The number of hydrogen-bond donors (Lipinski definition) is 1. The molecule has 56 heavy (non-hydrogen) atoms. The van der Waals surface area contributed by atoms with E-state index < -0.39 is 4.92 Å². The molecule has 5 aromatic rings. The quantitative estimate of drug-likeness (QED) is 0.0865. The molecular weight excluding hydrogens is 714 g/mol. The Morgan fingerprint density at radius 1 is 0.625 bits per heavy atom. The topological polar surface area (TPSA) is 156 Å². The zero-order valence-corrected chi connectivity index (χ0v) is 31.9. The lowest BCUT2D eigenvalue weighted by molar-refractivity contribution is -0.384. The third-order valence-electron chi connectivity index (χ3n) is 9.53. The third-order valence-corrected chi connectivity index (χ3v) is 9.53. The van der Waals surface area contributed by atoms with Crippen LogP contribution in [0.4, 0.5) is 17.1 Å². The van der Waals surface area contributed by atoms with E-state index in [4.69, 9.17) is 14.2 Å². The van der Waals surface area contributed by atoms with Crippen molar-refractivity contribution in [2.24, 2.45) is 10.2 Å². The van der Waals surface area contributed by atoms with E-state index in [1.54, 1.807) is 47.4 Å². The van der Waals surface area contributed by atoms with E-state index in [1.165, 1.54) is 34.1 Å². The van der Waals surface area contributed by atoms with Crippen LogP contribution >= 0.6 is 0 Å². The number of para-hydroxylation sites is 3. The van der Waals surface area contributed by atoms with E-state index in [0.29, 0.717) is 52.6 Å². The van der Waals surface area contributed by atoms with Crippen LogP contribution in [-0.4, -0.2) is 80.2 Å². The molecule has 0 aromatic heterocycles. The van der Waals surface area contributed by atoms with Gasteiger partial charge in [0.2, 0.25) is 0 Å². The fourth-order valence-electron chi connectivity index (χ4n) is 6.55. The predicted molar refractivity (Wildman–Crippen MR) is 211 cm³/mol. The average Bonchev–Trinajstić information content (AvgIpc) is 3.17. The summed E-state index contributed by atoms with van der Waals surface area (Å²) in [5, 5.41) is 32.0. The van der Waals surface area contributed by atoms with Gasteiger partial charge in [0.15, 0.2) is 13.2 Å². The normalized spacial score (nSPS) is 12.2. The smallest absolute Gasteiger partial charge is 0.269 e. The van der Waals surface area contributed by atoms with Crippen LogP contribution in [0.15, 0.2) is 101 Å². The molecule has 13 heteroatoms. The monoisotopic (exact) mass is 757 g/mol. The molecular formula is C43H43N5O8. The zero-order valence-electron chi connectivity index (χ0n) is 31.9. The minimum atomic E-state index is -0.484. The van der Waals surface area contributed by atoms with Gasteiger partial charge >= 0.3 is 0 Å². The van der Waals surface area contributed by atoms with Gasteiger partial charge in [0.05, 0.1) is 23.4 Å². The summed E-state index contributed by atoms with van der Waals surface area (Å²) in [6.45, 7) is -0.384. The summed E-state index contributed by atoms with van der Waals surface area (Å²) in [7, 11) is 8.31. The number of rotatable bonds is 10. The van der Waals surface area contributed by atoms with Gasteiger partial charge < -0.3 is 29.1 Å². The first-order valence-corrected chi connectivity index (χ1v) is 17.9. The summed E-state index contributed by atoms with van der Waals surface area (Å²) < 4.78 is 18.7. The molecule has 0 radical (unpaired) electrons. The number of carbonyl (C=O) groups excluding carboxylic acids is 2. The molecule has 1 aliphatic carbocycles. The van der Waals surface area contributed by atoms with Crippen LogP contribution in [0.3, 0.4) is 0 Å². The van der Waals surface area contributed by atoms with Gasteiger partial charge in [-0.2, -0.15) is 10.2 Å². The van der Waals surface area contributed by atoms with Crippen molar-refractivity contribution in [2.75, 3.05) is 48.5 Å². The second-order valence-electron chi connectivity index (χ2n) is 13.9. The van der Waals surface area contributed by atoms with Gasteiger partial charge in [-0.1, -0.05) is 54.6 Å². The molecule has 8 bridgehead atoms. The van der Waals surface area contributed by atoms with Gasteiger partial charge in [0, 0.05) is 77.1 Å². The Hall–Kier alpha value is -6.76. The number of likely N-dealkylation sites (N-methyl/N-ethyl adjacent to an activating group) is 2. The number of nitro benzene ring substituents is 1. The number of nitrogens with zero attached hydrogens (tertiary/aromatic N) is 5. The van der Waals surface area contributed by atoms with Gasteiger partial charge in [-0.15, -0.1) is 0 Å². The van der Waals surface area contributed by atoms with E-state index in [1.807, 2.05) is 54.6 Å². The average molecular weight is 758 g/mol. The lowest BCUT2D eigenvalue weighted by Gasteiger charge is -2.22. The van der Waals surface area contributed by atoms with Crippen molar-refractivity contribution >= 4 is 28.9 Å². The maximum atomic E-state index is 12.8. The van der Waals surface area contributed by atoms with Crippen molar-refractivity contribution in [3.63, 3.8) is 0 Å². The Kier molecular flexibility index (Phi) is 11.9. The number of phenols is 1. The van der Waals surface area contributed by atoms with Gasteiger partial charge in [-0.3, -0.25) is 19.7 Å². The molecule has 0 heterocycles. The van der Waals surface area contributed by atoms with Gasteiger partial charge in [-0.25, -0.2) is 0 Å². The zero-order chi connectivity index (χ0) is 39.9. The van der Waals surface area contributed by atoms with Crippen LogP contribution < -0.4 is 14.2 Å². The number of fused-ring (bicyclic) bond motifs is 8. The number of benzene rings is 5. The number of ether oxygens (including phenoxy) is 3. The van der Waals surface area contributed by atoms with Crippen LogP contribution in [0.2, 0.25) is 0 Å². The second-order valence-corrected chi connectivity index (χ2v) is 13.9. The molecule has 288 valence electrons. The standard InChI is InChI=1S/C43H43N5O8/c1-46(2)38(49)25-55-42-29-11-7-13-31(42)21-33-23-36(45-44-35-15-17-37(18-16-35)48(52)53)24-34(40(33)51)22-32-14-8-12-30(43(32)56-26-39(50)47(3)4)20-28-10-6-9-27(19-29)41(28)54-5/h6-18,23-24,51H,19-22,25-26H2,1-5H3. The van der Waals surface area contributed by atoms with E-state index in [-0.39, 0.29) is 49.3 Å². The Bertz CT molecular complexity index is 2180. The molecule has 0 spiro atoms. The molecule has 13 nitrogen and oxygen atoms in total. The second kappa shape index (κ2) is 17.1. The van der Waals surface area contributed by atoms with Crippen molar-refractivity contribution < 1.29 is 33.8 Å². The van der Waals surface area contributed by atoms with Crippen LogP contribution in [-0.2, 0) is 35.3 Å². The highest BCUT2D eigenvalue weighted by Crippen LogP contribution is 2.40.